The molecule has 0 aliphatic carbocycles. The molecule has 0 unspecified atom stereocenters. The molecular formula is C9H6BrClS2. The van der Waals surface area contributed by atoms with Crippen LogP contribution in [0.3, 0.4) is 0 Å². The Labute approximate surface area is 99.4 Å². The van der Waals surface area contributed by atoms with Gasteiger partial charge in [0.25, 0.3) is 0 Å². The lowest BCUT2D eigenvalue weighted by Crippen LogP contribution is -1.68. The third-order valence-electron chi connectivity index (χ3n) is 1.79. The minimum absolute atomic E-state index is 0.577. The predicted molar refractivity (Wildman–Crippen MR) is 66.3 cm³/mol. The Balaban J connectivity index is 2.76. The zero-order chi connectivity index (χ0) is 9.42. The third kappa shape index (κ3) is 1.75. The first-order chi connectivity index (χ1) is 6.22. The van der Waals surface area contributed by atoms with E-state index in [0.717, 1.165) is 9.37 Å². The monoisotopic (exact) mass is 292 g/mol. The van der Waals surface area contributed by atoms with Gasteiger partial charge in [-0.25, -0.2) is 0 Å². The van der Waals surface area contributed by atoms with E-state index in [1.807, 2.05) is 6.07 Å². The van der Waals surface area contributed by atoms with Crippen molar-refractivity contribution < 1.29 is 0 Å². The molecule has 0 aliphatic heterocycles. The van der Waals surface area contributed by atoms with Crippen LogP contribution in [0.5, 0.6) is 0 Å². The number of fused-ring (bicyclic) bond motifs is 1. The lowest BCUT2D eigenvalue weighted by molar-refractivity contribution is 1.49. The average Bonchev–Trinajstić information content (AvgIpc) is 2.55. The Bertz CT molecular complexity index is 450. The van der Waals surface area contributed by atoms with Gasteiger partial charge in [-0.05, 0) is 33.4 Å². The van der Waals surface area contributed by atoms with E-state index in [9.17, 15) is 0 Å². The summed E-state index contributed by atoms with van der Waals surface area (Å²) in [5, 5.41) is 1.23. The van der Waals surface area contributed by atoms with Gasteiger partial charge in [0.1, 0.15) is 0 Å². The summed E-state index contributed by atoms with van der Waals surface area (Å²) in [7, 11) is 0. The summed E-state index contributed by atoms with van der Waals surface area (Å²) in [5.74, 6) is 0.577. The number of halogens is 2. The van der Waals surface area contributed by atoms with Gasteiger partial charge in [0, 0.05) is 18.9 Å². The van der Waals surface area contributed by atoms with Crippen molar-refractivity contribution in [2.24, 2.45) is 0 Å². The van der Waals surface area contributed by atoms with Crippen LogP contribution in [-0.2, 0) is 5.88 Å². The van der Waals surface area contributed by atoms with Crippen molar-refractivity contribution in [2.75, 3.05) is 0 Å². The van der Waals surface area contributed by atoms with Gasteiger partial charge in [-0.1, -0.05) is 6.07 Å². The lowest BCUT2D eigenvalue weighted by Gasteiger charge is -1.96. The van der Waals surface area contributed by atoms with Crippen molar-refractivity contribution in [1.29, 1.82) is 0 Å². The van der Waals surface area contributed by atoms with Crippen molar-refractivity contribution in [2.45, 2.75) is 10.8 Å². The molecule has 2 rings (SSSR count). The zero-order valence-electron chi connectivity index (χ0n) is 6.55. The molecule has 1 aromatic carbocycles. The highest BCUT2D eigenvalue weighted by Crippen LogP contribution is 2.36. The van der Waals surface area contributed by atoms with Gasteiger partial charge in [-0.15, -0.1) is 35.6 Å². The van der Waals surface area contributed by atoms with Gasteiger partial charge >= 0.3 is 0 Å². The predicted octanol–water partition coefficient (Wildman–Crippen LogP) is 4.69. The third-order valence-corrected chi connectivity index (χ3v) is 5.17. The molecule has 1 aromatic heterocycles. The van der Waals surface area contributed by atoms with E-state index in [0.29, 0.717) is 5.88 Å². The summed E-state index contributed by atoms with van der Waals surface area (Å²) in [6.07, 6.45) is 0. The SMILES string of the molecule is Sc1ccc2cc(CCl)sc2c1Br. The lowest BCUT2D eigenvalue weighted by atomic mass is 10.2. The maximum Gasteiger partial charge on any atom is 0.0568 e. The smallest absolute Gasteiger partial charge is 0.0568 e. The second kappa shape index (κ2) is 3.81. The van der Waals surface area contributed by atoms with Crippen molar-refractivity contribution in [1.82, 2.24) is 0 Å². The number of thiol groups is 1. The van der Waals surface area contributed by atoms with E-state index in [4.69, 9.17) is 11.6 Å². The molecule has 4 heteroatoms. The summed E-state index contributed by atoms with van der Waals surface area (Å²) in [5.41, 5.74) is 0. The van der Waals surface area contributed by atoms with Crippen LogP contribution in [-0.4, -0.2) is 0 Å². The fraction of sp³-hybridized carbons (Fsp3) is 0.111. The van der Waals surface area contributed by atoms with Gasteiger partial charge in [0.2, 0.25) is 0 Å². The van der Waals surface area contributed by atoms with Gasteiger partial charge in [0.05, 0.1) is 5.88 Å². The minimum Gasteiger partial charge on any atom is -0.142 e. The summed E-state index contributed by atoms with van der Waals surface area (Å²) in [6.45, 7) is 0. The van der Waals surface area contributed by atoms with Crippen LogP contribution >= 0.6 is 51.5 Å². The van der Waals surface area contributed by atoms with E-state index < -0.39 is 0 Å². The van der Waals surface area contributed by atoms with E-state index in [1.54, 1.807) is 11.3 Å². The average molecular weight is 294 g/mol. The maximum atomic E-state index is 5.77. The minimum atomic E-state index is 0.577. The van der Waals surface area contributed by atoms with Crippen LogP contribution in [0.4, 0.5) is 0 Å². The normalized spacial score (nSPS) is 11.0. The number of benzene rings is 1. The topological polar surface area (TPSA) is 0 Å². The number of alkyl halides is 1. The molecule has 0 radical (unpaired) electrons. The van der Waals surface area contributed by atoms with Crippen molar-refractivity contribution in [3.8, 4) is 0 Å². The van der Waals surface area contributed by atoms with Gasteiger partial charge < -0.3 is 0 Å². The summed E-state index contributed by atoms with van der Waals surface area (Å²) in [6, 6.07) is 6.17. The molecule has 13 heavy (non-hydrogen) atoms. The van der Waals surface area contributed by atoms with E-state index in [-0.39, 0.29) is 0 Å². The quantitative estimate of drug-likeness (QED) is 0.572. The summed E-state index contributed by atoms with van der Waals surface area (Å²) in [4.78, 5) is 2.16. The molecule has 0 N–H and O–H groups in total. The Hall–Kier alpha value is 0.300. The molecule has 0 amide bonds. The van der Waals surface area contributed by atoms with Gasteiger partial charge in [0.15, 0.2) is 0 Å². The Morgan fingerprint density at radius 3 is 2.92 bits per heavy atom. The van der Waals surface area contributed by atoms with Crippen molar-refractivity contribution in [3.63, 3.8) is 0 Å². The molecule has 2 aromatic rings. The number of hydrogen-bond donors (Lipinski definition) is 1. The largest absolute Gasteiger partial charge is 0.142 e. The molecule has 0 spiro atoms. The van der Waals surface area contributed by atoms with Crippen molar-refractivity contribution in [3.05, 3.63) is 27.5 Å². The first-order valence-electron chi connectivity index (χ1n) is 3.68. The molecule has 0 saturated heterocycles. The molecule has 0 atom stereocenters. The molecule has 0 bridgehead atoms. The highest BCUT2D eigenvalue weighted by Gasteiger charge is 2.06. The second-order valence-electron chi connectivity index (χ2n) is 2.66. The first kappa shape index (κ1) is 9.84. The van der Waals surface area contributed by atoms with Crippen LogP contribution in [0.15, 0.2) is 27.6 Å². The number of thiophene rings is 1. The molecule has 0 aliphatic rings. The summed E-state index contributed by atoms with van der Waals surface area (Å²) >= 11 is 15.3. The fourth-order valence-corrected chi connectivity index (χ4v) is 3.23. The van der Waals surface area contributed by atoms with Crippen LogP contribution < -0.4 is 0 Å². The molecule has 68 valence electrons. The van der Waals surface area contributed by atoms with Crippen molar-refractivity contribution >= 4 is 61.6 Å². The van der Waals surface area contributed by atoms with E-state index in [1.165, 1.54) is 15.0 Å². The number of rotatable bonds is 1. The number of hydrogen-bond acceptors (Lipinski definition) is 2. The van der Waals surface area contributed by atoms with Gasteiger partial charge in [-0.2, -0.15) is 0 Å². The Morgan fingerprint density at radius 2 is 2.23 bits per heavy atom. The first-order valence-corrected chi connectivity index (χ1v) is 6.27. The van der Waals surface area contributed by atoms with Crippen LogP contribution in [0.1, 0.15) is 4.88 Å². The standard InChI is InChI=1S/C9H6BrClS2/c10-8-7(12)2-1-5-3-6(4-11)13-9(5)8/h1-3,12H,4H2. The van der Waals surface area contributed by atoms with Gasteiger partial charge in [-0.3, -0.25) is 0 Å². The molecule has 0 saturated carbocycles. The molecule has 0 fully saturated rings. The zero-order valence-corrected chi connectivity index (χ0v) is 10.6. The maximum absolute atomic E-state index is 5.77. The molecule has 0 nitrogen and oxygen atoms in total. The van der Waals surface area contributed by atoms with E-state index >= 15 is 0 Å². The highest BCUT2D eigenvalue weighted by atomic mass is 79.9. The van der Waals surface area contributed by atoms with Crippen LogP contribution in [0.25, 0.3) is 10.1 Å². The Morgan fingerprint density at radius 1 is 1.46 bits per heavy atom. The van der Waals surface area contributed by atoms with Crippen LogP contribution in [0, 0.1) is 0 Å². The Kier molecular flexibility index (Phi) is 2.88. The second-order valence-corrected chi connectivity index (χ2v) is 5.34. The highest BCUT2D eigenvalue weighted by molar-refractivity contribution is 9.10. The van der Waals surface area contributed by atoms with E-state index in [2.05, 4.69) is 40.7 Å². The van der Waals surface area contributed by atoms with Crippen LogP contribution in [0.2, 0.25) is 0 Å². The summed E-state index contributed by atoms with van der Waals surface area (Å²) < 4.78 is 2.29. The molecular weight excluding hydrogens is 288 g/mol. The fourth-order valence-electron chi connectivity index (χ4n) is 1.18. The molecule has 1 heterocycles.